The van der Waals surface area contributed by atoms with E-state index in [4.69, 9.17) is 15.2 Å². The molecule has 3 aromatic rings. The van der Waals surface area contributed by atoms with Crippen LogP contribution in [0.3, 0.4) is 0 Å². The summed E-state index contributed by atoms with van der Waals surface area (Å²) in [5.41, 5.74) is 7.76. The molecular formula is C29H37N7O5. The average Bonchev–Trinajstić information content (AvgIpc) is 3.43. The molecule has 2 aromatic carbocycles. The van der Waals surface area contributed by atoms with Crippen LogP contribution in [-0.2, 0) is 29.0 Å². The van der Waals surface area contributed by atoms with Crippen molar-refractivity contribution >= 4 is 17.7 Å². The molecule has 41 heavy (non-hydrogen) atoms. The van der Waals surface area contributed by atoms with E-state index in [1.165, 1.54) is 7.11 Å². The number of amides is 3. The van der Waals surface area contributed by atoms with E-state index in [2.05, 4.69) is 20.9 Å². The number of hydrogen-bond donors (Lipinski definition) is 3. The molecule has 0 unspecified atom stereocenters. The van der Waals surface area contributed by atoms with Crippen LogP contribution in [0.5, 0.6) is 11.5 Å². The van der Waals surface area contributed by atoms with Crippen LogP contribution in [0.1, 0.15) is 35.0 Å². The van der Waals surface area contributed by atoms with Gasteiger partial charge in [0.25, 0.3) is 5.91 Å². The first-order valence-electron chi connectivity index (χ1n) is 13.7. The fourth-order valence-corrected chi connectivity index (χ4v) is 4.57. The van der Waals surface area contributed by atoms with Crippen LogP contribution in [0.25, 0.3) is 0 Å². The average molecular weight is 564 g/mol. The number of rotatable bonds is 4. The number of para-hydroxylation sites is 1. The highest BCUT2D eigenvalue weighted by Crippen LogP contribution is 2.31. The van der Waals surface area contributed by atoms with Crippen molar-refractivity contribution in [3.63, 3.8) is 0 Å². The second-order valence-electron chi connectivity index (χ2n) is 9.88. The molecule has 3 amide bonds. The van der Waals surface area contributed by atoms with Gasteiger partial charge < -0.3 is 30.7 Å². The highest BCUT2D eigenvalue weighted by molar-refractivity contribution is 6.00. The van der Waals surface area contributed by atoms with Gasteiger partial charge in [0, 0.05) is 51.6 Å². The number of methoxy groups -OCH3 is 1. The van der Waals surface area contributed by atoms with E-state index in [1.54, 1.807) is 34.7 Å². The van der Waals surface area contributed by atoms with Crippen LogP contribution in [0.15, 0.2) is 54.7 Å². The van der Waals surface area contributed by atoms with Gasteiger partial charge in [0.05, 0.1) is 31.0 Å². The third-order valence-corrected chi connectivity index (χ3v) is 6.73. The number of hydrogen-bond acceptors (Lipinski definition) is 8. The van der Waals surface area contributed by atoms with Gasteiger partial charge in [-0.2, -0.15) is 0 Å². The monoisotopic (exact) mass is 563 g/mol. The number of aryl methyl sites for hydroxylation is 1. The summed E-state index contributed by atoms with van der Waals surface area (Å²) in [4.78, 5) is 41.3. The molecule has 12 heteroatoms. The first-order chi connectivity index (χ1) is 19.9. The Morgan fingerprint density at radius 3 is 2.71 bits per heavy atom. The highest BCUT2D eigenvalue weighted by atomic mass is 16.5. The van der Waals surface area contributed by atoms with Crippen molar-refractivity contribution in [1.82, 2.24) is 30.5 Å². The fourth-order valence-electron chi connectivity index (χ4n) is 4.57. The lowest BCUT2D eigenvalue weighted by Gasteiger charge is -2.25. The number of carbonyl (C=O) groups is 3. The van der Waals surface area contributed by atoms with Gasteiger partial charge in [0.1, 0.15) is 6.04 Å². The van der Waals surface area contributed by atoms with Crippen molar-refractivity contribution < 1.29 is 23.9 Å². The van der Waals surface area contributed by atoms with E-state index >= 15 is 0 Å². The number of ether oxygens (including phenoxy) is 2. The topological polar surface area (TPSA) is 154 Å². The second kappa shape index (κ2) is 14.3. The summed E-state index contributed by atoms with van der Waals surface area (Å²) in [5.74, 6) is -0.360. The van der Waals surface area contributed by atoms with Crippen LogP contribution < -0.4 is 25.8 Å². The largest absolute Gasteiger partial charge is 0.493 e. The lowest BCUT2D eigenvalue weighted by Crippen LogP contribution is -2.51. The molecule has 1 aliphatic rings. The quantitative estimate of drug-likeness (QED) is 0.424. The first-order valence-corrected chi connectivity index (χ1v) is 13.7. The van der Waals surface area contributed by atoms with Crippen molar-refractivity contribution in [3.8, 4) is 11.5 Å². The van der Waals surface area contributed by atoms with Crippen LogP contribution in [-0.4, -0.2) is 83.0 Å². The number of carbonyl (C=O) groups excluding carboxylic acids is 3. The van der Waals surface area contributed by atoms with Gasteiger partial charge in [0.2, 0.25) is 11.8 Å². The number of nitrogens with one attached hydrogen (secondary N) is 2. The van der Waals surface area contributed by atoms with Gasteiger partial charge in [-0.05, 0) is 24.6 Å². The summed E-state index contributed by atoms with van der Waals surface area (Å²) < 4.78 is 13.2. The van der Waals surface area contributed by atoms with Gasteiger partial charge in [-0.1, -0.05) is 41.6 Å². The van der Waals surface area contributed by atoms with Crippen molar-refractivity contribution in [2.24, 2.45) is 5.73 Å². The predicted molar refractivity (Wildman–Crippen MR) is 151 cm³/mol. The number of nitrogens with two attached hydrogens (primary N) is 1. The predicted octanol–water partition coefficient (Wildman–Crippen LogP) is 0.945. The molecule has 4 rings (SSSR count). The Morgan fingerprint density at radius 2 is 1.95 bits per heavy atom. The number of benzene rings is 2. The Kier molecular flexibility index (Phi) is 10.3. The minimum Gasteiger partial charge on any atom is -0.493 e. The minimum atomic E-state index is -0.877. The summed E-state index contributed by atoms with van der Waals surface area (Å²) in [6.07, 6.45) is 3.19. The Balaban J connectivity index is 1.61. The highest BCUT2D eigenvalue weighted by Gasteiger charge is 2.26. The molecule has 0 aliphatic carbocycles. The summed E-state index contributed by atoms with van der Waals surface area (Å²) in [5, 5.41) is 14.2. The molecule has 218 valence electrons. The SMILES string of the molecule is COc1cccc2c1OCCCn1cc(nn1)CCN(C(=O)[C@@H](C)N)CCNC(=O)[C@H](Cc1ccccc1)NC2=O. The molecule has 0 saturated heterocycles. The van der Waals surface area contributed by atoms with E-state index in [0.29, 0.717) is 44.0 Å². The lowest BCUT2D eigenvalue weighted by molar-refractivity contribution is -0.132. The smallest absolute Gasteiger partial charge is 0.255 e. The molecule has 4 N–H and O–H groups in total. The molecular weight excluding hydrogens is 526 g/mol. The van der Waals surface area contributed by atoms with Gasteiger partial charge in [-0.25, -0.2) is 0 Å². The molecule has 1 aliphatic heterocycles. The molecule has 12 nitrogen and oxygen atoms in total. The molecule has 2 bridgehead atoms. The third-order valence-electron chi connectivity index (χ3n) is 6.73. The van der Waals surface area contributed by atoms with Crippen molar-refractivity contribution in [1.29, 1.82) is 0 Å². The summed E-state index contributed by atoms with van der Waals surface area (Å²) in [6.45, 7) is 3.27. The van der Waals surface area contributed by atoms with E-state index in [1.807, 2.05) is 36.5 Å². The second-order valence-corrected chi connectivity index (χ2v) is 9.88. The van der Waals surface area contributed by atoms with E-state index in [9.17, 15) is 14.4 Å². The first kappa shape index (κ1) is 29.5. The summed E-state index contributed by atoms with van der Waals surface area (Å²) in [7, 11) is 1.51. The Labute approximate surface area is 239 Å². The van der Waals surface area contributed by atoms with Crippen molar-refractivity contribution in [3.05, 3.63) is 71.5 Å². The van der Waals surface area contributed by atoms with E-state index in [0.717, 1.165) is 11.3 Å². The standard InChI is InChI=1S/C29H37N7O5/c1-20(30)29(39)35-15-12-22-19-36(34-33-22)14-7-17-41-26-23(10-6-11-25(26)40-2)27(37)32-24(28(38)31-13-16-35)18-21-8-4-3-5-9-21/h3-6,8-11,19-20,24H,7,12-18,30H2,1-2H3,(H,31,38)(H,32,37)/t20-,24+/m1/s1. The molecule has 2 atom stereocenters. The van der Waals surface area contributed by atoms with Gasteiger partial charge in [-0.15, -0.1) is 5.10 Å². The zero-order valence-electron chi connectivity index (χ0n) is 23.4. The molecule has 0 fully saturated rings. The molecule has 1 aromatic heterocycles. The fraction of sp³-hybridized carbons (Fsp3) is 0.414. The summed E-state index contributed by atoms with van der Waals surface area (Å²) in [6, 6.07) is 12.9. The van der Waals surface area contributed by atoms with E-state index < -0.39 is 18.0 Å². The van der Waals surface area contributed by atoms with Crippen LogP contribution >= 0.6 is 0 Å². The molecule has 0 spiro atoms. The normalized spacial score (nSPS) is 17.9. The molecule has 0 saturated carbocycles. The maximum absolute atomic E-state index is 13.5. The van der Waals surface area contributed by atoms with Gasteiger partial charge in [0.15, 0.2) is 11.5 Å². The Bertz CT molecular complexity index is 1330. The maximum Gasteiger partial charge on any atom is 0.255 e. The zero-order valence-corrected chi connectivity index (χ0v) is 23.4. The third kappa shape index (κ3) is 8.04. The number of nitrogens with zero attached hydrogens (tertiary/aromatic N) is 4. The van der Waals surface area contributed by atoms with Gasteiger partial charge in [-0.3, -0.25) is 19.1 Å². The number of fused-ring (bicyclic) bond motifs is 3. The number of aromatic nitrogens is 3. The Hall–Kier alpha value is -4.45. The zero-order chi connectivity index (χ0) is 29.2. The molecule has 0 radical (unpaired) electrons. The van der Waals surface area contributed by atoms with Crippen LogP contribution in [0, 0.1) is 0 Å². The minimum absolute atomic E-state index is 0.179. The van der Waals surface area contributed by atoms with Crippen molar-refractivity contribution in [2.75, 3.05) is 33.4 Å². The van der Waals surface area contributed by atoms with E-state index in [-0.39, 0.29) is 36.9 Å². The molecule has 2 heterocycles. The van der Waals surface area contributed by atoms with Crippen LogP contribution in [0.4, 0.5) is 0 Å². The van der Waals surface area contributed by atoms with Crippen molar-refractivity contribution in [2.45, 2.75) is 44.8 Å². The van der Waals surface area contributed by atoms with Gasteiger partial charge >= 0.3 is 0 Å². The summed E-state index contributed by atoms with van der Waals surface area (Å²) >= 11 is 0. The maximum atomic E-state index is 13.5. The lowest BCUT2D eigenvalue weighted by atomic mass is 10.0. The Morgan fingerprint density at radius 1 is 1.15 bits per heavy atom. The van der Waals surface area contributed by atoms with Crippen LogP contribution in [0.2, 0.25) is 0 Å².